The fraction of sp³-hybridized carbons (Fsp3) is 0.174. The highest BCUT2D eigenvalue weighted by atomic mass is 32.2. The Labute approximate surface area is 176 Å². The Balaban J connectivity index is 1.40. The third-order valence-corrected chi connectivity index (χ3v) is 6.79. The van der Waals surface area contributed by atoms with E-state index in [0.717, 1.165) is 16.8 Å². The van der Waals surface area contributed by atoms with Crippen molar-refractivity contribution in [2.45, 2.75) is 18.2 Å². The first kappa shape index (κ1) is 20.0. The molecule has 1 aliphatic rings. The van der Waals surface area contributed by atoms with Crippen LogP contribution in [0, 0.1) is 6.92 Å². The summed E-state index contributed by atoms with van der Waals surface area (Å²) in [4.78, 5) is 12.3. The Morgan fingerprint density at radius 1 is 1.00 bits per heavy atom. The minimum absolute atomic E-state index is 0.131. The van der Waals surface area contributed by atoms with Crippen molar-refractivity contribution < 1.29 is 17.9 Å². The van der Waals surface area contributed by atoms with Gasteiger partial charge in [-0.05, 0) is 61.4 Å². The number of nitrogens with zero attached hydrogens (tertiary/aromatic N) is 1. The highest BCUT2D eigenvalue weighted by molar-refractivity contribution is 7.92. The topological polar surface area (TPSA) is 75.7 Å². The maximum atomic E-state index is 13.0. The summed E-state index contributed by atoms with van der Waals surface area (Å²) in [6.07, 6.45) is 0.699. The van der Waals surface area contributed by atoms with E-state index in [-0.39, 0.29) is 17.4 Å². The number of ether oxygens (including phenoxy) is 1. The van der Waals surface area contributed by atoms with E-state index in [2.05, 4.69) is 5.32 Å². The fourth-order valence-electron chi connectivity index (χ4n) is 3.38. The number of fused-ring (bicyclic) bond motifs is 1. The van der Waals surface area contributed by atoms with Crippen LogP contribution in [0.1, 0.15) is 11.1 Å². The van der Waals surface area contributed by atoms with Crippen LogP contribution in [-0.4, -0.2) is 27.5 Å². The zero-order valence-corrected chi connectivity index (χ0v) is 17.4. The Bertz CT molecular complexity index is 1160. The highest BCUT2D eigenvalue weighted by Crippen LogP contribution is 2.32. The van der Waals surface area contributed by atoms with Crippen molar-refractivity contribution in [1.29, 1.82) is 0 Å². The molecule has 0 radical (unpaired) electrons. The summed E-state index contributed by atoms with van der Waals surface area (Å²) in [5.74, 6) is 0.294. The van der Waals surface area contributed by atoms with Gasteiger partial charge in [0, 0.05) is 12.2 Å². The summed E-state index contributed by atoms with van der Waals surface area (Å²) in [6.45, 7) is 2.27. The lowest BCUT2D eigenvalue weighted by Crippen LogP contribution is -2.29. The predicted molar refractivity (Wildman–Crippen MR) is 116 cm³/mol. The van der Waals surface area contributed by atoms with Crippen LogP contribution in [0.3, 0.4) is 0 Å². The summed E-state index contributed by atoms with van der Waals surface area (Å²) in [6, 6.07) is 21.1. The molecular formula is C23H22N2O4S. The molecule has 0 saturated heterocycles. The van der Waals surface area contributed by atoms with Crippen molar-refractivity contribution in [2.75, 3.05) is 22.8 Å². The van der Waals surface area contributed by atoms with Crippen LogP contribution < -0.4 is 14.4 Å². The lowest BCUT2D eigenvalue weighted by atomic mass is 10.2. The largest absolute Gasteiger partial charge is 0.484 e. The number of para-hydroxylation sites is 1. The molecule has 0 bridgehead atoms. The second-order valence-corrected chi connectivity index (χ2v) is 8.99. The number of benzene rings is 3. The van der Waals surface area contributed by atoms with Crippen LogP contribution in [0.5, 0.6) is 5.75 Å². The van der Waals surface area contributed by atoms with Crippen molar-refractivity contribution in [3.8, 4) is 5.75 Å². The van der Waals surface area contributed by atoms with Gasteiger partial charge in [0.25, 0.3) is 15.9 Å². The molecule has 154 valence electrons. The van der Waals surface area contributed by atoms with Gasteiger partial charge >= 0.3 is 0 Å². The minimum Gasteiger partial charge on any atom is -0.484 e. The van der Waals surface area contributed by atoms with Crippen LogP contribution in [0.4, 0.5) is 11.4 Å². The molecular weight excluding hydrogens is 400 g/mol. The van der Waals surface area contributed by atoms with Gasteiger partial charge in [0.2, 0.25) is 0 Å². The van der Waals surface area contributed by atoms with Gasteiger partial charge in [0.15, 0.2) is 6.61 Å². The molecule has 0 atom stereocenters. The van der Waals surface area contributed by atoms with Crippen LogP contribution in [-0.2, 0) is 21.2 Å². The molecule has 1 amide bonds. The van der Waals surface area contributed by atoms with Crippen LogP contribution in [0.25, 0.3) is 0 Å². The molecule has 0 aromatic heterocycles. The quantitative estimate of drug-likeness (QED) is 0.656. The fourth-order valence-corrected chi connectivity index (χ4v) is 4.88. The van der Waals surface area contributed by atoms with E-state index in [9.17, 15) is 13.2 Å². The van der Waals surface area contributed by atoms with E-state index < -0.39 is 10.0 Å². The number of hydrogen-bond donors (Lipinski definition) is 1. The van der Waals surface area contributed by atoms with Crippen molar-refractivity contribution in [3.63, 3.8) is 0 Å². The van der Waals surface area contributed by atoms with Crippen molar-refractivity contribution in [3.05, 3.63) is 83.9 Å². The number of anilines is 2. The van der Waals surface area contributed by atoms with Gasteiger partial charge < -0.3 is 10.1 Å². The van der Waals surface area contributed by atoms with E-state index >= 15 is 0 Å². The summed E-state index contributed by atoms with van der Waals surface area (Å²) in [7, 11) is -3.65. The summed E-state index contributed by atoms with van der Waals surface area (Å²) >= 11 is 0. The molecule has 4 rings (SSSR count). The van der Waals surface area contributed by atoms with Gasteiger partial charge in [0.05, 0.1) is 10.6 Å². The molecule has 1 aliphatic heterocycles. The smallest absolute Gasteiger partial charge is 0.264 e. The zero-order chi connectivity index (χ0) is 21.1. The average Bonchev–Trinajstić information content (AvgIpc) is 3.19. The van der Waals surface area contributed by atoms with Gasteiger partial charge in [-0.3, -0.25) is 9.10 Å². The van der Waals surface area contributed by atoms with Gasteiger partial charge in [-0.2, -0.15) is 0 Å². The summed E-state index contributed by atoms with van der Waals surface area (Å²) in [5, 5.41) is 2.72. The number of carbonyl (C=O) groups is 1. The molecule has 0 aliphatic carbocycles. The monoisotopic (exact) mass is 422 g/mol. The molecule has 3 aromatic rings. The number of rotatable bonds is 6. The van der Waals surface area contributed by atoms with E-state index in [1.54, 1.807) is 24.3 Å². The standard InChI is InChI=1S/C23H22N2O4S/c1-17-6-10-20(11-7-17)29-16-23(26)24-19-8-12-21(13-9-19)30(27,28)25-15-14-18-4-2-3-5-22(18)25/h2-13H,14-16H2,1H3,(H,24,26). The van der Waals surface area contributed by atoms with E-state index in [1.165, 1.54) is 16.4 Å². The molecule has 6 nitrogen and oxygen atoms in total. The first-order valence-electron chi connectivity index (χ1n) is 9.63. The molecule has 30 heavy (non-hydrogen) atoms. The molecule has 7 heteroatoms. The Morgan fingerprint density at radius 2 is 1.70 bits per heavy atom. The molecule has 0 fully saturated rings. The van der Waals surface area contributed by atoms with Gasteiger partial charge in [-0.15, -0.1) is 0 Å². The maximum absolute atomic E-state index is 13.0. The van der Waals surface area contributed by atoms with Crippen molar-refractivity contribution in [2.24, 2.45) is 0 Å². The molecule has 1 N–H and O–H groups in total. The lowest BCUT2D eigenvalue weighted by Gasteiger charge is -2.19. The van der Waals surface area contributed by atoms with Gasteiger partial charge in [0.1, 0.15) is 5.75 Å². The first-order valence-corrected chi connectivity index (χ1v) is 11.1. The summed E-state index contributed by atoms with van der Waals surface area (Å²) in [5.41, 5.74) is 3.37. The lowest BCUT2D eigenvalue weighted by molar-refractivity contribution is -0.118. The number of amides is 1. The average molecular weight is 423 g/mol. The normalized spacial score (nSPS) is 13.0. The third-order valence-electron chi connectivity index (χ3n) is 4.96. The number of hydrogen-bond acceptors (Lipinski definition) is 4. The van der Waals surface area contributed by atoms with Crippen molar-refractivity contribution in [1.82, 2.24) is 0 Å². The predicted octanol–water partition coefficient (Wildman–Crippen LogP) is 3.76. The van der Waals surface area contributed by atoms with E-state index in [4.69, 9.17) is 4.74 Å². The van der Waals surface area contributed by atoms with Crippen molar-refractivity contribution >= 4 is 27.3 Å². The number of aryl methyl sites for hydroxylation is 1. The van der Waals surface area contributed by atoms with Gasteiger partial charge in [-0.25, -0.2) is 8.42 Å². The molecule has 1 heterocycles. The van der Waals surface area contributed by atoms with Crippen LogP contribution in [0.2, 0.25) is 0 Å². The molecule has 0 unspecified atom stereocenters. The SMILES string of the molecule is Cc1ccc(OCC(=O)Nc2ccc(S(=O)(=O)N3CCc4ccccc43)cc2)cc1. The first-order chi connectivity index (χ1) is 14.4. The van der Waals surface area contributed by atoms with Gasteiger partial charge in [-0.1, -0.05) is 35.9 Å². The van der Waals surface area contributed by atoms with Crippen LogP contribution >= 0.6 is 0 Å². The minimum atomic E-state index is -3.65. The third kappa shape index (κ3) is 4.16. The Hall–Kier alpha value is -3.32. The Kier molecular flexibility index (Phi) is 5.46. The second-order valence-electron chi connectivity index (χ2n) is 7.13. The number of sulfonamides is 1. The van der Waals surface area contributed by atoms with E-state index in [1.807, 2.05) is 43.3 Å². The Morgan fingerprint density at radius 3 is 2.43 bits per heavy atom. The maximum Gasteiger partial charge on any atom is 0.264 e. The number of nitrogens with one attached hydrogen (secondary N) is 1. The summed E-state index contributed by atoms with van der Waals surface area (Å²) < 4.78 is 33.0. The zero-order valence-electron chi connectivity index (χ0n) is 16.5. The second kappa shape index (κ2) is 8.20. The molecule has 0 spiro atoms. The molecule has 3 aromatic carbocycles. The number of carbonyl (C=O) groups excluding carboxylic acids is 1. The van der Waals surface area contributed by atoms with Crippen LogP contribution in [0.15, 0.2) is 77.7 Å². The van der Waals surface area contributed by atoms with E-state index in [0.29, 0.717) is 24.4 Å². The molecule has 0 saturated carbocycles. The highest BCUT2D eigenvalue weighted by Gasteiger charge is 2.30.